The van der Waals surface area contributed by atoms with Crippen molar-refractivity contribution >= 4 is 12.0 Å². The number of urea groups is 1. The molecule has 0 fully saturated rings. The van der Waals surface area contributed by atoms with Gasteiger partial charge >= 0.3 is 12.0 Å². The van der Waals surface area contributed by atoms with Crippen molar-refractivity contribution < 1.29 is 19.1 Å². The molecule has 2 N–H and O–H groups in total. The molecule has 1 aliphatic heterocycles. The van der Waals surface area contributed by atoms with Crippen LogP contribution in [0.4, 0.5) is 4.79 Å². The number of benzene rings is 1. The van der Waals surface area contributed by atoms with Gasteiger partial charge in [0.15, 0.2) is 0 Å². The standard InChI is InChI=1S/C18H22N2O4/c1-5-10-23-14-8-6-13(7-9-14)16-15(17(21)24-11(2)3)12(4)19-18(22)20-16/h5-9,11,16H,1,10H2,2-4H3,(H2,19,20,22)/t16-/m0/s1. The molecule has 0 radical (unpaired) electrons. The monoisotopic (exact) mass is 330 g/mol. The number of hydrogen-bond acceptors (Lipinski definition) is 4. The van der Waals surface area contributed by atoms with E-state index in [1.54, 1.807) is 39.0 Å². The predicted molar refractivity (Wildman–Crippen MR) is 90.5 cm³/mol. The first-order valence-corrected chi connectivity index (χ1v) is 7.75. The fourth-order valence-corrected chi connectivity index (χ4v) is 2.40. The summed E-state index contributed by atoms with van der Waals surface area (Å²) in [5, 5.41) is 5.38. The largest absolute Gasteiger partial charge is 0.490 e. The fraction of sp³-hybridized carbons (Fsp3) is 0.333. The Morgan fingerprint density at radius 1 is 1.33 bits per heavy atom. The van der Waals surface area contributed by atoms with Gasteiger partial charge in [0.1, 0.15) is 12.4 Å². The van der Waals surface area contributed by atoms with Crippen molar-refractivity contribution in [1.29, 1.82) is 0 Å². The van der Waals surface area contributed by atoms with Crippen molar-refractivity contribution in [3.8, 4) is 5.75 Å². The molecule has 0 saturated carbocycles. The van der Waals surface area contributed by atoms with Gasteiger partial charge in [-0.2, -0.15) is 0 Å². The van der Waals surface area contributed by atoms with Crippen molar-refractivity contribution in [1.82, 2.24) is 10.6 Å². The number of ether oxygens (including phenoxy) is 2. The van der Waals surface area contributed by atoms with Crippen LogP contribution < -0.4 is 15.4 Å². The van der Waals surface area contributed by atoms with Crippen LogP contribution in [0, 0.1) is 0 Å². The molecule has 6 heteroatoms. The minimum Gasteiger partial charge on any atom is -0.490 e. The Morgan fingerprint density at radius 2 is 2.00 bits per heavy atom. The van der Waals surface area contributed by atoms with Crippen molar-refractivity contribution in [3.05, 3.63) is 53.8 Å². The minimum absolute atomic E-state index is 0.245. The highest BCUT2D eigenvalue weighted by Crippen LogP contribution is 2.29. The van der Waals surface area contributed by atoms with Gasteiger partial charge in [-0.1, -0.05) is 24.8 Å². The second-order valence-electron chi connectivity index (χ2n) is 5.69. The van der Waals surface area contributed by atoms with Crippen LogP contribution in [-0.2, 0) is 9.53 Å². The van der Waals surface area contributed by atoms with Gasteiger partial charge in [-0.3, -0.25) is 0 Å². The van der Waals surface area contributed by atoms with Crippen molar-refractivity contribution in [3.63, 3.8) is 0 Å². The topological polar surface area (TPSA) is 76.7 Å². The maximum absolute atomic E-state index is 12.4. The van der Waals surface area contributed by atoms with Crippen molar-refractivity contribution in [2.24, 2.45) is 0 Å². The van der Waals surface area contributed by atoms with Crippen LogP contribution in [0.15, 0.2) is 48.2 Å². The highest BCUT2D eigenvalue weighted by molar-refractivity contribution is 5.95. The Morgan fingerprint density at radius 3 is 2.58 bits per heavy atom. The molecule has 2 rings (SSSR count). The predicted octanol–water partition coefficient (Wildman–Crippen LogP) is 2.83. The highest BCUT2D eigenvalue weighted by Gasteiger charge is 2.32. The molecule has 24 heavy (non-hydrogen) atoms. The van der Waals surface area contributed by atoms with Crippen LogP contribution >= 0.6 is 0 Å². The Bertz CT molecular complexity index is 662. The van der Waals surface area contributed by atoms with E-state index < -0.39 is 12.0 Å². The molecule has 1 heterocycles. The van der Waals surface area contributed by atoms with E-state index in [-0.39, 0.29) is 12.1 Å². The number of rotatable bonds is 6. The van der Waals surface area contributed by atoms with Crippen LogP contribution in [0.1, 0.15) is 32.4 Å². The third-order valence-corrected chi connectivity index (χ3v) is 3.41. The van der Waals surface area contributed by atoms with E-state index in [0.29, 0.717) is 23.6 Å². The first-order chi connectivity index (χ1) is 11.4. The molecule has 1 aromatic rings. The quantitative estimate of drug-likeness (QED) is 0.621. The van der Waals surface area contributed by atoms with Gasteiger partial charge in [0.2, 0.25) is 0 Å². The number of allylic oxidation sites excluding steroid dienone is 1. The zero-order chi connectivity index (χ0) is 17.7. The molecule has 0 saturated heterocycles. The number of carbonyl (C=O) groups is 2. The van der Waals surface area contributed by atoms with Crippen molar-refractivity contribution in [2.45, 2.75) is 32.9 Å². The zero-order valence-corrected chi connectivity index (χ0v) is 14.1. The van der Waals surface area contributed by atoms with E-state index in [2.05, 4.69) is 17.2 Å². The average molecular weight is 330 g/mol. The molecule has 0 unspecified atom stereocenters. The van der Waals surface area contributed by atoms with Crippen LogP contribution in [-0.4, -0.2) is 24.7 Å². The maximum atomic E-state index is 12.4. The van der Waals surface area contributed by atoms with Crippen molar-refractivity contribution in [2.75, 3.05) is 6.61 Å². The highest BCUT2D eigenvalue weighted by atomic mass is 16.5. The molecular weight excluding hydrogens is 308 g/mol. The number of amides is 2. The Labute approximate surface area is 141 Å². The SMILES string of the molecule is C=CCOc1ccc([C@@H]2NC(=O)NC(C)=C2C(=O)OC(C)C)cc1. The fourth-order valence-electron chi connectivity index (χ4n) is 2.40. The van der Waals surface area contributed by atoms with E-state index in [1.807, 2.05) is 12.1 Å². The first-order valence-electron chi connectivity index (χ1n) is 7.75. The first kappa shape index (κ1) is 17.6. The summed E-state index contributed by atoms with van der Waals surface area (Å²) in [7, 11) is 0. The lowest BCUT2D eigenvalue weighted by molar-refractivity contribution is -0.143. The molecule has 0 aromatic heterocycles. The van der Waals surface area contributed by atoms with Gasteiger partial charge in [-0.15, -0.1) is 0 Å². The van der Waals surface area contributed by atoms with Gasteiger partial charge in [0.05, 0.1) is 17.7 Å². The molecule has 1 atom stereocenters. The van der Waals surface area contributed by atoms with Gasteiger partial charge < -0.3 is 20.1 Å². The maximum Gasteiger partial charge on any atom is 0.338 e. The number of nitrogens with one attached hydrogen (secondary N) is 2. The summed E-state index contributed by atoms with van der Waals surface area (Å²) in [6, 6.07) is 6.26. The summed E-state index contributed by atoms with van der Waals surface area (Å²) in [5.41, 5.74) is 1.65. The summed E-state index contributed by atoms with van der Waals surface area (Å²) >= 11 is 0. The lowest BCUT2D eigenvalue weighted by Crippen LogP contribution is -2.45. The average Bonchev–Trinajstić information content (AvgIpc) is 2.51. The summed E-state index contributed by atoms with van der Waals surface area (Å²) in [6.45, 7) is 9.26. The van der Waals surface area contributed by atoms with Gasteiger partial charge in [-0.25, -0.2) is 9.59 Å². The summed E-state index contributed by atoms with van der Waals surface area (Å²) in [4.78, 5) is 24.2. The van der Waals surface area contributed by atoms with E-state index in [4.69, 9.17) is 9.47 Å². The molecule has 6 nitrogen and oxygen atoms in total. The number of hydrogen-bond donors (Lipinski definition) is 2. The summed E-state index contributed by atoms with van der Waals surface area (Å²) < 4.78 is 10.7. The Hall–Kier alpha value is -2.76. The molecule has 0 bridgehead atoms. The van der Waals surface area contributed by atoms with E-state index >= 15 is 0 Å². The summed E-state index contributed by atoms with van der Waals surface area (Å²) in [6.07, 6.45) is 1.42. The molecular formula is C18H22N2O4. The van der Waals surface area contributed by atoms with Crippen LogP contribution in [0.3, 0.4) is 0 Å². The molecule has 0 aliphatic carbocycles. The van der Waals surface area contributed by atoms with E-state index in [9.17, 15) is 9.59 Å². The second-order valence-corrected chi connectivity index (χ2v) is 5.69. The molecule has 128 valence electrons. The van der Waals surface area contributed by atoms with Crippen LogP contribution in [0.25, 0.3) is 0 Å². The van der Waals surface area contributed by atoms with Gasteiger partial charge in [0.25, 0.3) is 0 Å². The lowest BCUT2D eigenvalue weighted by atomic mass is 9.95. The minimum atomic E-state index is -0.571. The van der Waals surface area contributed by atoms with Gasteiger partial charge in [-0.05, 0) is 38.5 Å². The molecule has 2 amide bonds. The van der Waals surface area contributed by atoms with Crippen LogP contribution in [0.2, 0.25) is 0 Å². The summed E-state index contributed by atoms with van der Waals surface area (Å²) in [5.74, 6) is 0.234. The lowest BCUT2D eigenvalue weighted by Gasteiger charge is -2.28. The Kier molecular flexibility index (Phi) is 5.63. The normalized spacial score (nSPS) is 17.2. The van der Waals surface area contributed by atoms with E-state index in [1.165, 1.54) is 0 Å². The third kappa shape index (κ3) is 4.16. The molecule has 1 aromatic carbocycles. The van der Waals surface area contributed by atoms with Gasteiger partial charge in [0, 0.05) is 5.70 Å². The Balaban J connectivity index is 2.30. The third-order valence-electron chi connectivity index (χ3n) is 3.41. The number of carbonyl (C=O) groups excluding carboxylic acids is 2. The number of esters is 1. The molecule has 1 aliphatic rings. The smallest absolute Gasteiger partial charge is 0.338 e. The zero-order valence-electron chi connectivity index (χ0n) is 14.1. The van der Waals surface area contributed by atoms with Crippen LogP contribution in [0.5, 0.6) is 5.75 Å². The van der Waals surface area contributed by atoms with E-state index in [0.717, 1.165) is 5.56 Å². The second kappa shape index (κ2) is 7.68. The molecule has 0 spiro atoms.